The summed E-state index contributed by atoms with van der Waals surface area (Å²) in [5, 5.41) is 2.52. The number of likely N-dealkylation sites (tertiary alicyclic amines) is 1. The van der Waals surface area contributed by atoms with Crippen LogP contribution in [0.3, 0.4) is 0 Å². The van der Waals surface area contributed by atoms with Crippen LogP contribution in [0.1, 0.15) is 58.3 Å². The van der Waals surface area contributed by atoms with Crippen LogP contribution in [0.2, 0.25) is 0 Å². The maximum Gasteiger partial charge on any atom is 0.411 e. The van der Waals surface area contributed by atoms with E-state index in [2.05, 4.69) is 21.9 Å². The molecule has 1 aromatic rings. The summed E-state index contributed by atoms with van der Waals surface area (Å²) in [6.07, 6.45) is 7.71. The number of nitrogens with one attached hydrogen (secondary N) is 1. The highest BCUT2D eigenvalue weighted by Crippen LogP contribution is 2.39. The molecule has 8 nitrogen and oxygen atoms in total. The van der Waals surface area contributed by atoms with Gasteiger partial charge in [-0.2, -0.15) is 4.31 Å². The second-order valence-electron chi connectivity index (χ2n) is 9.63. The van der Waals surface area contributed by atoms with Gasteiger partial charge in [-0.3, -0.25) is 10.1 Å². The minimum atomic E-state index is -3.73. The Labute approximate surface area is 196 Å². The smallest absolute Gasteiger partial charge is 0.411 e. The second kappa shape index (κ2) is 10.0. The van der Waals surface area contributed by atoms with Gasteiger partial charge in [-0.05, 0) is 75.6 Å². The molecule has 1 aromatic carbocycles. The summed E-state index contributed by atoms with van der Waals surface area (Å²) in [5.41, 5.74) is 0.452. The van der Waals surface area contributed by atoms with Crippen molar-refractivity contribution in [2.45, 2.75) is 75.3 Å². The van der Waals surface area contributed by atoms with E-state index in [0.29, 0.717) is 30.6 Å². The Hall–Kier alpha value is -2.13. The first kappa shape index (κ1) is 24.0. The number of hydrogen-bond acceptors (Lipinski definition) is 5. The van der Waals surface area contributed by atoms with Crippen LogP contribution in [-0.2, 0) is 19.6 Å². The summed E-state index contributed by atoms with van der Waals surface area (Å²) >= 11 is 0. The summed E-state index contributed by atoms with van der Waals surface area (Å²) in [4.78, 5) is 27.3. The number of fused-ring (bicyclic) bond motifs is 1. The molecule has 182 valence electrons. The lowest BCUT2D eigenvalue weighted by molar-refractivity contribution is -0.146. The number of ether oxygens (including phenoxy) is 1. The van der Waals surface area contributed by atoms with Crippen LogP contribution in [0.25, 0.3) is 0 Å². The Morgan fingerprint density at radius 2 is 1.73 bits per heavy atom. The monoisotopic (exact) mass is 477 g/mol. The van der Waals surface area contributed by atoms with E-state index >= 15 is 0 Å². The van der Waals surface area contributed by atoms with Gasteiger partial charge in [0.05, 0.1) is 17.9 Å². The number of piperidine rings is 2. The van der Waals surface area contributed by atoms with Crippen LogP contribution in [0, 0.1) is 11.8 Å². The fourth-order valence-corrected chi connectivity index (χ4v) is 7.32. The van der Waals surface area contributed by atoms with Gasteiger partial charge in [-0.1, -0.05) is 12.8 Å². The Morgan fingerprint density at radius 1 is 1.00 bits per heavy atom. The number of nitrogens with zero attached hydrogens (tertiary/aromatic N) is 2. The van der Waals surface area contributed by atoms with Crippen molar-refractivity contribution < 1.29 is 22.7 Å². The molecule has 0 aromatic heterocycles. The Balaban J connectivity index is 1.47. The van der Waals surface area contributed by atoms with Gasteiger partial charge in [-0.25, -0.2) is 13.2 Å². The molecule has 2 amide bonds. The highest BCUT2D eigenvalue weighted by atomic mass is 32.2. The summed E-state index contributed by atoms with van der Waals surface area (Å²) < 4.78 is 32.6. The number of carbonyl (C=O) groups is 2. The molecule has 2 aliphatic heterocycles. The third kappa shape index (κ3) is 5.04. The van der Waals surface area contributed by atoms with Gasteiger partial charge >= 0.3 is 6.09 Å². The van der Waals surface area contributed by atoms with Crippen molar-refractivity contribution in [1.82, 2.24) is 9.21 Å². The highest BCUT2D eigenvalue weighted by molar-refractivity contribution is 7.89. The molecule has 1 N–H and O–H groups in total. The van der Waals surface area contributed by atoms with Crippen LogP contribution in [0.5, 0.6) is 0 Å². The third-order valence-electron chi connectivity index (χ3n) is 7.57. The highest BCUT2D eigenvalue weighted by Gasteiger charge is 2.43. The van der Waals surface area contributed by atoms with E-state index in [4.69, 9.17) is 0 Å². The number of carbonyl (C=O) groups excluding carboxylic acids is 2. The zero-order chi connectivity index (χ0) is 23.6. The fraction of sp³-hybridized carbons (Fsp3) is 0.667. The van der Waals surface area contributed by atoms with E-state index in [1.54, 1.807) is 0 Å². The molecule has 0 bridgehead atoms. The lowest BCUT2D eigenvalue weighted by Crippen LogP contribution is -2.57. The first-order chi connectivity index (χ1) is 15.8. The Bertz CT molecular complexity index is 965. The van der Waals surface area contributed by atoms with Crippen molar-refractivity contribution in [2.24, 2.45) is 11.8 Å². The van der Waals surface area contributed by atoms with E-state index < -0.39 is 16.1 Å². The maximum absolute atomic E-state index is 13.7. The van der Waals surface area contributed by atoms with Gasteiger partial charge in [0.2, 0.25) is 15.9 Å². The van der Waals surface area contributed by atoms with E-state index in [0.717, 1.165) is 19.3 Å². The van der Waals surface area contributed by atoms with Crippen LogP contribution in [0.15, 0.2) is 29.2 Å². The number of benzene rings is 1. The molecule has 1 aliphatic carbocycles. The molecule has 3 aliphatic rings. The minimum absolute atomic E-state index is 0.136. The summed E-state index contributed by atoms with van der Waals surface area (Å²) in [6.45, 7) is 2.78. The minimum Gasteiger partial charge on any atom is -0.453 e. The topological polar surface area (TPSA) is 96.0 Å². The zero-order valence-corrected chi connectivity index (χ0v) is 20.4. The molecule has 33 heavy (non-hydrogen) atoms. The van der Waals surface area contributed by atoms with Gasteiger partial charge in [-0.15, -0.1) is 0 Å². The van der Waals surface area contributed by atoms with Crippen molar-refractivity contribution in [2.75, 3.05) is 25.5 Å². The second-order valence-corrected chi connectivity index (χ2v) is 11.6. The standard InChI is InChI=1S/C24H35N3O5S/c1-17-9-10-18-6-3-4-8-22(18)27(17)23(28)19-7-5-15-26(16-19)33(30,31)21-13-11-20(12-14-21)25-24(29)32-2/h11-14,17-19,22H,3-10,15-16H2,1-2H3,(H,25,29). The maximum atomic E-state index is 13.7. The van der Waals surface area contributed by atoms with E-state index in [1.165, 1.54) is 61.4 Å². The number of anilines is 1. The van der Waals surface area contributed by atoms with E-state index in [1.807, 2.05) is 0 Å². The molecule has 9 heteroatoms. The van der Waals surface area contributed by atoms with Gasteiger partial charge in [0.1, 0.15) is 0 Å². The predicted octanol–water partition coefficient (Wildman–Crippen LogP) is 3.84. The van der Waals surface area contributed by atoms with E-state index in [9.17, 15) is 18.0 Å². The zero-order valence-electron chi connectivity index (χ0n) is 19.5. The lowest BCUT2D eigenvalue weighted by atomic mass is 9.76. The molecule has 4 rings (SSSR count). The summed E-state index contributed by atoms with van der Waals surface area (Å²) in [5.74, 6) is 0.438. The van der Waals surface area contributed by atoms with Gasteiger partial charge in [0.15, 0.2) is 0 Å². The molecule has 0 spiro atoms. The van der Waals surface area contributed by atoms with Crippen molar-refractivity contribution >= 4 is 27.7 Å². The summed E-state index contributed by atoms with van der Waals surface area (Å²) in [7, 11) is -2.46. The molecule has 0 radical (unpaired) electrons. The van der Waals surface area contributed by atoms with Gasteiger partial charge in [0, 0.05) is 30.9 Å². The number of methoxy groups -OCH3 is 1. The van der Waals surface area contributed by atoms with Crippen molar-refractivity contribution in [3.8, 4) is 0 Å². The largest absolute Gasteiger partial charge is 0.453 e. The number of sulfonamides is 1. The van der Waals surface area contributed by atoms with Crippen LogP contribution in [-0.4, -0.2) is 61.9 Å². The first-order valence-electron chi connectivity index (χ1n) is 12.1. The molecule has 3 fully saturated rings. The molecule has 2 heterocycles. The molecule has 1 saturated carbocycles. The number of rotatable bonds is 4. The summed E-state index contributed by atoms with van der Waals surface area (Å²) in [6, 6.07) is 6.57. The fourth-order valence-electron chi connectivity index (χ4n) is 5.79. The Morgan fingerprint density at radius 3 is 2.45 bits per heavy atom. The van der Waals surface area contributed by atoms with Crippen LogP contribution >= 0.6 is 0 Å². The normalized spacial score (nSPS) is 28.6. The van der Waals surface area contributed by atoms with Crippen LogP contribution in [0.4, 0.5) is 10.5 Å². The predicted molar refractivity (Wildman–Crippen MR) is 125 cm³/mol. The third-order valence-corrected chi connectivity index (χ3v) is 9.45. The molecular weight excluding hydrogens is 442 g/mol. The van der Waals surface area contributed by atoms with Crippen molar-refractivity contribution in [3.05, 3.63) is 24.3 Å². The van der Waals surface area contributed by atoms with Crippen molar-refractivity contribution in [1.29, 1.82) is 0 Å². The first-order valence-corrected chi connectivity index (χ1v) is 13.5. The lowest BCUT2D eigenvalue weighted by Gasteiger charge is -2.49. The number of hydrogen-bond donors (Lipinski definition) is 1. The molecule has 4 unspecified atom stereocenters. The number of amides is 2. The van der Waals surface area contributed by atoms with Crippen molar-refractivity contribution in [3.63, 3.8) is 0 Å². The quantitative estimate of drug-likeness (QED) is 0.711. The van der Waals surface area contributed by atoms with Gasteiger partial charge < -0.3 is 9.64 Å². The molecule has 2 saturated heterocycles. The average Bonchev–Trinajstić information content (AvgIpc) is 2.84. The van der Waals surface area contributed by atoms with Crippen LogP contribution < -0.4 is 5.32 Å². The average molecular weight is 478 g/mol. The molecule has 4 atom stereocenters. The van der Waals surface area contributed by atoms with E-state index in [-0.39, 0.29) is 29.3 Å². The van der Waals surface area contributed by atoms with Gasteiger partial charge in [0.25, 0.3) is 0 Å². The SMILES string of the molecule is COC(=O)Nc1ccc(S(=O)(=O)N2CCCC(C(=O)N3C(C)CCC4CCCCC43)C2)cc1. The Kier molecular flexibility index (Phi) is 7.28. The molecular formula is C24H35N3O5S.